The van der Waals surface area contributed by atoms with E-state index in [0.29, 0.717) is 39.1 Å². The lowest BCUT2D eigenvalue weighted by molar-refractivity contribution is 0.0554. The van der Waals surface area contributed by atoms with Gasteiger partial charge in [0.15, 0.2) is 10.6 Å². The van der Waals surface area contributed by atoms with E-state index < -0.39 is 17.9 Å². The molecule has 1 atom stereocenters. The highest BCUT2D eigenvalue weighted by Crippen LogP contribution is 2.44. The Morgan fingerprint density at radius 1 is 1.26 bits per heavy atom. The summed E-state index contributed by atoms with van der Waals surface area (Å²) < 4.78 is 17.9. The predicted octanol–water partition coefficient (Wildman–Crippen LogP) is 6.59. The molecule has 0 fully saturated rings. The van der Waals surface area contributed by atoms with Crippen molar-refractivity contribution in [3.63, 3.8) is 0 Å². The van der Waals surface area contributed by atoms with Crippen LogP contribution in [0.4, 0.5) is 5.13 Å². The van der Waals surface area contributed by atoms with Crippen molar-refractivity contribution in [3.05, 3.63) is 97.3 Å². The molecule has 4 aromatic rings. The number of aryl methyl sites for hydroxylation is 1. The number of esters is 1. The SMILES string of the molecule is C=CCOC(=O)c1sc(N2C(=O)c3oc4ccc(Br)cc4c(=O)c3C2c2cccc(OCCCC)c2)nc1C. The van der Waals surface area contributed by atoms with Gasteiger partial charge in [-0.05, 0) is 49.2 Å². The smallest absolute Gasteiger partial charge is 0.350 e. The predicted molar refractivity (Wildman–Crippen MR) is 153 cm³/mol. The lowest BCUT2D eigenvalue weighted by Gasteiger charge is -2.23. The number of hydrogen-bond acceptors (Lipinski definition) is 8. The summed E-state index contributed by atoms with van der Waals surface area (Å²) in [5, 5.41) is 0.600. The van der Waals surface area contributed by atoms with Gasteiger partial charge in [0.05, 0.1) is 29.3 Å². The quantitative estimate of drug-likeness (QED) is 0.120. The van der Waals surface area contributed by atoms with E-state index in [1.165, 1.54) is 11.0 Å². The standard InChI is InChI=1S/C29H25BrN2O6S/c1-4-6-13-36-19-9-7-8-17(14-19)23-22-24(33)20-15-18(30)10-11-21(20)38-25(22)27(34)32(23)29-31-16(3)26(39-29)28(35)37-12-5-2/h5,7-11,14-15,23H,2,4,6,12-13H2,1,3H3. The van der Waals surface area contributed by atoms with Gasteiger partial charge in [0.2, 0.25) is 5.76 Å². The van der Waals surface area contributed by atoms with Gasteiger partial charge in [0.1, 0.15) is 22.8 Å². The largest absolute Gasteiger partial charge is 0.494 e. The summed E-state index contributed by atoms with van der Waals surface area (Å²) in [7, 11) is 0. The molecule has 3 heterocycles. The van der Waals surface area contributed by atoms with Crippen molar-refractivity contribution in [1.29, 1.82) is 0 Å². The Balaban J connectivity index is 1.68. The molecule has 2 aromatic carbocycles. The van der Waals surface area contributed by atoms with Crippen molar-refractivity contribution in [1.82, 2.24) is 4.98 Å². The maximum atomic E-state index is 13.9. The molecular formula is C29H25BrN2O6S. The van der Waals surface area contributed by atoms with E-state index in [2.05, 4.69) is 34.4 Å². The topological polar surface area (TPSA) is 98.9 Å². The number of carbonyl (C=O) groups is 2. The fourth-order valence-corrected chi connectivity index (χ4v) is 5.79. The molecule has 5 rings (SSSR count). The van der Waals surface area contributed by atoms with Crippen LogP contribution >= 0.6 is 27.3 Å². The highest BCUT2D eigenvalue weighted by molar-refractivity contribution is 9.10. The van der Waals surface area contributed by atoms with Gasteiger partial charge in [-0.1, -0.05) is 65.4 Å². The average molecular weight is 609 g/mol. The van der Waals surface area contributed by atoms with Crippen LogP contribution in [0, 0.1) is 6.92 Å². The maximum absolute atomic E-state index is 13.9. The Morgan fingerprint density at radius 2 is 2.08 bits per heavy atom. The first-order valence-corrected chi connectivity index (χ1v) is 14.0. The molecule has 10 heteroatoms. The molecule has 0 aliphatic carbocycles. The van der Waals surface area contributed by atoms with Gasteiger partial charge < -0.3 is 13.9 Å². The number of anilines is 1. The van der Waals surface area contributed by atoms with Crippen LogP contribution in [0.3, 0.4) is 0 Å². The number of rotatable bonds is 9. The zero-order chi connectivity index (χ0) is 27.7. The fourth-order valence-electron chi connectivity index (χ4n) is 4.44. The second-order valence-electron chi connectivity index (χ2n) is 8.96. The number of halogens is 1. The Bertz CT molecular complexity index is 1660. The third-order valence-electron chi connectivity index (χ3n) is 6.28. The molecule has 1 aliphatic heterocycles. The van der Waals surface area contributed by atoms with Gasteiger partial charge in [-0.25, -0.2) is 9.78 Å². The minimum atomic E-state index is -0.843. The van der Waals surface area contributed by atoms with Crippen molar-refractivity contribution in [2.45, 2.75) is 32.7 Å². The van der Waals surface area contributed by atoms with Crippen LogP contribution in [0.25, 0.3) is 11.0 Å². The van der Waals surface area contributed by atoms with E-state index in [9.17, 15) is 14.4 Å². The average Bonchev–Trinajstić information content (AvgIpc) is 3.45. The number of nitrogens with zero attached hydrogens (tertiary/aromatic N) is 2. The molecule has 0 spiro atoms. The Labute approximate surface area is 237 Å². The van der Waals surface area contributed by atoms with Gasteiger partial charge >= 0.3 is 5.97 Å². The number of thiazole rings is 1. The molecule has 0 saturated heterocycles. The van der Waals surface area contributed by atoms with Crippen molar-refractivity contribution in [2.24, 2.45) is 0 Å². The number of benzene rings is 2. The van der Waals surface area contributed by atoms with Crippen LogP contribution in [-0.4, -0.2) is 30.1 Å². The minimum absolute atomic E-state index is 0.0492. The van der Waals surface area contributed by atoms with Crippen molar-refractivity contribution in [2.75, 3.05) is 18.1 Å². The second-order valence-corrected chi connectivity index (χ2v) is 10.9. The normalized spacial score (nSPS) is 14.5. The molecule has 0 N–H and O–H groups in total. The van der Waals surface area contributed by atoms with Crippen LogP contribution in [-0.2, 0) is 4.74 Å². The van der Waals surface area contributed by atoms with Gasteiger partial charge in [0.25, 0.3) is 5.91 Å². The second kappa shape index (κ2) is 11.2. The molecule has 1 amide bonds. The summed E-state index contributed by atoms with van der Waals surface area (Å²) >= 11 is 4.44. The highest BCUT2D eigenvalue weighted by Gasteiger charge is 2.45. The van der Waals surface area contributed by atoms with Crippen LogP contribution in [0.5, 0.6) is 5.75 Å². The number of amides is 1. The Morgan fingerprint density at radius 3 is 2.85 bits per heavy atom. The van der Waals surface area contributed by atoms with E-state index in [4.69, 9.17) is 13.9 Å². The number of aromatic nitrogens is 1. The van der Waals surface area contributed by atoms with Crippen molar-refractivity contribution >= 4 is 55.2 Å². The fraction of sp³-hybridized carbons (Fsp3) is 0.241. The van der Waals surface area contributed by atoms with Crippen LogP contribution in [0.2, 0.25) is 0 Å². The molecule has 2 aromatic heterocycles. The van der Waals surface area contributed by atoms with Crippen LogP contribution in [0.1, 0.15) is 62.9 Å². The summed E-state index contributed by atoms with van der Waals surface area (Å²) in [6, 6.07) is 11.5. The molecule has 39 heavy (non-hydrogen) atoms. The van der Waals surface area contributed by atoms with E-state index >= 15 is 0 Å². The van der Waals surface area contributed by atoms with E-state index in [0.717, 1.165) is 24.2 Å². The number of ether oxygens (including phenoxy) is 2. The molecular weight excluding hydrogens is 584 g/mol. The summed E-state index contributed by atoms with van der Waals surface area (Å²) in [6.45, 7) is 7.92. The Kier molecular flexibility index (Phi) is 7.67. The lowest BCUT2D eigenvalue weighted by Crippen LogP contribution is -2.29. The molecule has 1 aliphatic rings. The van der Waals surface area contributed by atoms with E-state index in [1.807, 2.05) is 24.3 Å². The van der Waals surface area contributed by atoms with E-state index in [-0.39, 0.29) is 33.4 Å². The Hall–Kier alpha value is -3.76. The first-order chi connectivity index (χ1) is 18.8. The molecule has 1 unspecified atom stereocenters. The van der Waals surface area contributed by atoms with Crippen molar-refractivity contribution < 1.29 is 23.5 Å². The van der Waals surface area contributed by atoms with Crippen LogP contribution in [0.15, 0.2) is 68.8 Å². The van der Waals surface area contributed by atoms with Gasteiger partial charge in [-0.3, -0.25) is 14.5 Å². The van der Waals surface area contributed by atoms with E-state index in [1.54, 1.807) is 25.1 Å². The number of unbranched alkanes of at least 4 members (excludes halogenated alkanes) is 1. The molecule has 8 nitrogen and oxygen atoms in total. The van der Waals surface area contributed by atoms with Gasteiger partial charge in [-0.15, -0.1) is 0 Å². The molecule has 0 bridgehead atoms. The first kappa shape index (κ1) is 26.8. The monoisotopic (exact) mass is 608 g/mol. The van der Waals surface area contributed by atoms with Gasteiger partial charge in [-0.2, -0.15) is 0 Å². The molecule has 0 radical (unpaired) electrons. The van der Waals surface area contributed by atoms with Gasteiger partial charge in [0, 0.05) is 4.47 Å². The number of carbonyl (C=O) groups excluding carboxylic acids is 2. The van der Waals surface area contributed by atoms with Crippen LogP contribution < -0.4 is 15.1 Å². The summed E-state index contributed by atoms with van der Waals surface area (Å²) in [6.07, 6.45) is 3.36. The third kappa shape index (κ3) is 5.02. The number of fused-ring (bicyclic) bond motifs is 2. The summed E-state index contributed by atoms with van der Waals surface area (Å²) in [5.41, 5.74) is 1.26. The highest BCUT2D eigenvalue weighted by atomic mass is 79.9. The maximum Gasteiger partial charge on any atom is 0.350 e. The summed E-state index contributed by atoms with van der Waals surface area (Å²) in [5.74, 6) is -0.513. The lowest BCUT2D eigenvalue weighted by atomic mass is 9.98. The first-order valence-electron chi connectivity index (χ1n) is 12.4. The zero-order valence-electron chi connectivity index (χ0n) is 21.4. The summed E-state index contributed by atoms with van der Waals surface area (Å²) in [4.78, 5) is 46.6. The third-order valence-corrected chi connectivity index (χ3v) is 7.91. The van der Waals surface area contributed by atoms with Crippen molar-refractivity contribution in [3.8, 4) is 5.75 Å². The minimum Gasteiger partial charge on any atom is -0.494 e. The molecule has 200 valence electrons. The number of hydrogen-bond donors (Lipinski definition) is 0. The zero-order valence-corrected chi connectivity index (χ0v) is 23.8. The molecule has 0 saturated carbocycles.